The molecule has 1 aromatic heterocycles. The summed E-state index contributed by atoms with van der Waals surface area (Å²) in [5.74, 6) is -0.278. The van der Waals surface area contributed by atoms with Crippen LogP contribution in [-0.2, 0) is 9.84 Å². The first-order chi connectivity index (χ1) is 11.3. The van der Waals surface area contributed by atoms with Gasteiger partial charge in [0.05, 0.1) is 22.9 Å². The second-order valence-electron chi connectivity index (χ2n) is 6.28. The van der Waals surface area contributed by atoms with Crippen molar-refractivity contribution in [1.82, 2.24) is 20.3 Å². The number of hydrogen-bond acceptors (Lipinski definition) is 5. The Morgan fingerprint density at radius 2 is 2.00 bits per heavy atom. The van der Waals surface area contributed by atoms with E-state index >= 15 is 0 Å². The number of nitrogens with one attached hydrogen (secondary N) is 1. The van der Waals surface area contributed by atoms with Gasteiger partial charge in [-0.25, -0.2) is 13.1 Å². The number of aromatic nitrogens is 3. The molecular formula is C16H20N4O3S. The minimum Gasteiger partial charge on any atom is -0.347 e. The van der Waals surface area contributed by atoms with Crippen molar-refractivity contribution < 1.29 is 13.2 Å². The number of rotatable bonds is 3. The van der Waals surface area contributed by atoms with Gasteiger partial charge in [0.2, 0.25) is 0 Å². The van der Waals surface area contributed by atoms with Crippen molar-refractivity contribution in [3.05, 3.63) is 40.7 Å². The maximum absolute atomic E-state index is 12.4. The third kappa shape index (κ3) is 3.19. The summed E-state index contributed by atoms with van der Waals surface area (Å²) >= 11 is 0. The summed E-state index contributed by atoms with van der Waals surface area (Å²) in [5, 5.41) is 10.8. The van der Waals surface area contributed by atoms with Gasteiger partial charge in [-0.2, -0.15) is 0 Å². The van der Waals surface area contributed by atoms with Crippen LogP contribution in [0.15, 0.2) is 18.2 Å². The first-order valence-electron chi connectivity index (χ1n) is 7.78. The first kappa shape index (κ1) is 16.6. The summed E-state index contributed by atoms with van der Waals surface area (Å²) in [6, 6.07) is 5.56. The minimum absolute atomic E-state index is 0.0108. The maximum Gasteiger partial charge on any atom is 0.274 e. The fourth-order valence-electron chi connectivity index (χ4n) is 2.80. The summed E-state index contributed by atoms with van der Waals surface area (Å²) in [6.07, 6.45) is 0.443. The van der Waals surface area contributed by atoms with Crippen LogP contribution in [0.5, 0.6) is 0 Å². The number of hydrogen-bond donors (Lipinski definition) is 1. The van der Waals surface area contributed by atoms with Crippen molar-refractivity contribution in [1.29, 1.82) is 0 Å². The van der Waals surface area contributed by atoms with Crippen molar-refractivity contribution in [3.63, 3.8) is 0 Å². The Bertz CT molecular complexity index is 902. The van der Waals surface area contributed by atoms with Gasteiger partial charge < -0.3 is 5.32 Å². The van der Waals surface area contributed by atoms with Crippen LogP contribution in [0.3, 0.4) is 0 Å². The molecule has 0 bridgehead atoms. The van der Waals surface area contributed by atoms with Gasteiger partial charge in [-0.1, -0.05) is 11.3 Å². The smallest absolute Gasteiger partial charge is 0.274 e. The van der Waals surface area contributed by atoms with Gasteiger partial charge in [-0.15, -0.1) is 5.10 Å². The molecule has 1 amide bonds. The van der Waals surface area contributed by atoms with E-state index < -0.39 is 9.84 Å². The molecule has 128 valence electrons. The summed E-state index contributed by atoms with van der Waals surface area (Å²) in [4.78, 5) is 12.4. The predicted octanol–water partition coefficient (Wildman–Crippen LogP) is 1.11. The van der Waals surface area contributed by atoms with Crippen LogP contribution >= 0.6 is 0 Å². The van der Waals surface area contributed by atoms with Crippen LogP contribution in [0.2, 0.25) is 0 Å². The summed E-state index contributed by atoms with van der Waals surface area (Å²) in [7, 11) is -3.04. The Hall–Kier alpha value is -2.22. The van der Waals surface area contributed by atoms with Gasteiger partial charge in [0.15, 0.2) is 15.5 Å². The summed E-state index contributed by atoms with van der Waals surface area (Å²) in [5.41, 5.74) is 3.99. The van der Waals surface area contributed by atoms with Crippen molar-refractivity contribution in [3.8, 4) is 5.69 Å². The maximum atomic E-state index is 12.4. The number of sulfone groups is 1. The highest BCUT2D eigenvalue weighted by atomic mass is 32.2. The highest BCUT2D eigenvalue weighted by Gasteiger charge is 2.30. The lowest BCUT2D eigenvalue weighted by molar-refractivity contribution is 0.0935. The van der Waals surface area contributed by atoms with Crippen molar-refractivity contribution in [2.45, 2.75) is 33.2 Å². The molecule has 1 atom stereocenters. The Kier molecular flexibility index (Phi) is 4.16. The highest BCUT2D eigenvalue weighted by molar-refractivity contribution is 7.91. The lowest BCUT2D eigenvalue weighted by Gasteiger charge is -2.10. The summed E-state index contributed by atoms with van der Waals surface area (Å²) < 4.78 is 24.6. The Labute approximate surface area is 141 Å². The molecule has 2 heterocycles. The number of aryl methyl sites for hydroxylation is 2. The van der Waals surface area contributed by atoms with Crippen molar-refractivity contribution in [2.75, 3.05) is 11.5 Å². The molecule has 8 heteroatoms. The highest BCUT2D eigenvalue weighted by Crippen LogP contribution is 2.17. The normalized spacial score (nSPS) is 19.4. The van der Waals surface area contributed by atoms with Gasteiger partial charge in [0.1, 0.15) is 0 Å². The fourth-order valence-corrected chi connectivity index (χ4v) is 4.48. The number of benzene rings is 1. The molecule has 1 N–H and O–H groups in total. The number of nitrogens with zero attached hydrogens (tertiary/aromatic N) is 3. The zero-order chi connectivity index (χ0) is 17.5. The van der Waals surface area contributed by atoms with E-state index in [0.717, 1.165) is 11.3 Å². The van der Waals surface area contributed by atoms with Crippen LogP contribution in [0.4, 0.5) is 0 Å². The predicted molar refractivity (Wildman–Crippen MR) is 90.1 cm³/mol. The molecule has 1 saturated heterocycles. The van der Waals surface area contributed by atoms with Crippen LogP contribution in [0.1, 0.15) is 33.7 Å². The molecule has 7 nitrogen and oxygen atoms in total. The molecule has 0 saturated carbocycles. The zero-order valence-electron chi connectivity index (χ0n) is 13.9. The number of amides is 1. The molecule has 0 radical (unpaired) electrons. The van der Waals surface area contributed by atoms with Gasteiger partial charge in [-0.05, 0) is 50.5 Å². The largest absolute Gasteiger partial charge is 0.347 e. The molecule has 1 fully saturated rings. The van der Waals surface area contributed by atoms with Crippen molar-refractivity contribution >= 4 is 15.7 Å². The monoisotopic (exact) mass is 348 g/mol. The average molecular weight is 348 g/mol. The number of carbonyl (C=O) groups is 1. The van der Waals surface area contributed by atoms with E-state index in [0.29, 0.717) is 12.1 Å². The topological polar surface area (TPSA) is 93.9 Å². The molecule has 0 spiro atoms. The van der Waals surface area contributed by atoms with Crippen LogP contribution in [0.25, 0.3) is 5.69 Å². The molecule has 3 rings (SSSR count). The molecular weight excluding hydrogens is 328 g/mol. The molecule has 24 heavy (non-hydrogen) atoms. The molecule has 0 aliphatic carbocycles. The summed E-state index contributed by atoms with van der Waals surface area (Å²) in [6.45, 7) is 5.82. The van der Waals surface area contributed by atoms with Gasteiger partial charge in [-0.3, -0.25) is 4.79 Å². The van der Waals surface area contributed by atoms with E-state index in [1.807, 2.05) is 32.0 Å². The molecule has 1 aliphatic heterocycles. The van der Waals surface area contributed by atoms with Crippen molar-refractivity contribution in [2.24, 2.45) is 0 Å². The third-order valence-corrected chi connectivity index (χ3v) is 6.18. The second kappa shape index (κ2) is 6.01. The Balaban J connectivity index is 1.82. The number of carbonyl (C=O) groups excluding carboxylic acids is 1. The molecule has 2 aromatic rings. The first-order valence-corrected chi connectivity index (χ1v) is 9.60. The van der Waals surface area contributed by atoms with Crippen LogP contribution in [0, 0.1) is 20.8 Å². The van der Waals surface area contributed by atoms with Crippen LogP contribution < -0.4 is 5.32 Å². The molecule has 1 aromatic carbocycles. The van der Waals surface area contributed by atoms with E-state index in [2.05, 4.69) is 15.6 Å². The van der Waals surface area contributed by atoms with Gasteiger partial charge >= 0.3 is 0 Å². The molecule has 1 aliphatic rings. The standard InChI is InChI=1S/C16H20N4O3S/c1-10-4-5-14(8-11(10)2)20-12(3)15(18-19-20)16(21)17-13-6-7-24(22,23)9-13/h4-5,8,13H,6-7,9H2,1-3H3,(H,17,21)/t13-/m1/s1. The quantitative estimate of drug-likeness (QED) is 0.897. The van der Waals surface area contributed by atoms with E-state index in [9.17, 15) is 13.2 Å². The van der Waals surface area contributed by atoms with Gasteiger partial charge in [0, 0.05) is 6.04 Å². The Morgan fingerprint density at radius 1 is 1.25 bits per heavy atom. The minimum atomic E-state index is -3.04. The third-order valence-electron chi connectivity index (χ3n) is 4.41. The van der Waals surface area contributed by atoms with Crippen LogP contribution in [-0.4, -0.2) is 46.9 Å². The second-order valence-corrected chi connectivity index (χ2v) is 8.51. The zero-order valence-corrected chi connectivity index (χ0v) is 14.7. The molecule has 0 unspecified atom stereocenters. The fraction of sp³-hybridized carbons (Fsp3) is 0.438. The van der Waals surface area contributed by atoms with E-state index in [1.54, 1.807) is 11.6 Å². The van der Waals surface area contributed by atoms with E-state index in [1.165, 1.54) is 5.56 Å². The average Bonchev–Trinajstić information content (AvgIpc) is 3.04. The van der Waals surface area contributed by atoms with E-state index in [4.69, 9.17) is 0 Å². The van der Waals surface area contributed by atoms with E-state index in [-0.39, 0.29) is 29.1 Å². The lowest BCUT2D eigenvalue weighted by atomic mass is 10.1. The Morgan fingerprint density at radius 3 is 2.62 bits per heavy atom. The van der Waals surface area contributed by atoms with Gasteiger partial charge in [0.25, 0.3) is 5.91 Å². The lowest BCUT2D eigenvalue weighted by Crippen LogP contribution is -2.36. The SMILES string of the molecule is Cc1ccc(-n2nnc(C(=O)N[C@@H]3CCS(=O)(=O)C3)c2C)cc1C.